The van der Waals surface area contributed by atoms with Gasteiger partial charge in [-0.05, 0) is 109 Å². The third-order valence-electron chi connectivity index (χ3n) is 12.7. The quantitative estimate of drug-likeness (QED) is 0.0211. The molecule has 0 radical (unpaired) electrons. The highest BCUT2D eigenvalue weighted by molar-refractivity contribution is 7.47. The summed E-state index contributed by atoms with van der Waals surface area (Å²) in [4.78, 5) is 35.8. The Morgan fingerprint density at radius 3 is 1.03 bits per heavy atom. The number of likely N-dealkylation sites (N-methyl/N-ethyl adjacent to an activating group) is 1. The molecule has 0 spiro atoms. The molecule has 0 heterocycles. The summed E-state index contributed by atoms with van der Waals surface area (Å²) in [5.74, 6) is -0.819. The van der Waals surface area contributed by atoms with Crippen molar-refractivity contribution < 1.29 is 42.1 Å². The fourth-order valence-corrected chi connectivity index (χ4v) is 8.73. The first-order chi connectivity index (χ1) is 38.0. The molecule has 0 aromatic heterocycles. The maximum atomic E-state index is 12.8. The second kappa shape index (κ2) is 57.8. The predicted molar refractivity (Wildman–Crippen MR) is 334 cm³/mol. The highest BCUT2D eigenvalue weighted by atomic mass is 31.2. The van der Waals surface area contributed by atoms with Gasteiger partial charge < -0.3 is 18.9 Å². The van der Waals surface area contributed by atoms with Crippen LogP contribution in [0.4, 0.5) is 0 Å². The Bertz CT molecular complexity index is 1780. The van der Waals surface area contributed by atoms with E-state index in [-0.39, 0.29) is 32.0 Å². The number of phosphoric ester groups is 1. The molecular formula is C68H115NO8P+. The normalized spacial score (nSPS) is 14.2. The Hall–Kier alpha value is -3.85. The zero-order valence-corrected chi connectivity index (χ0v) is 51.2. The van der Waals surface area contributed by atoms with Crippen molar-refractivity contribution in [3.63, 3.8) is 0 Å². The van der Waals surface area contributed by atoms with Gasteiger partial charge >= 0.3 is 19.8 Å². The van der Waals surface area contributed by atoms with Crippen molar-refractivity contribution in [2.45, 2.75) is 238 Å². The fourth-order valence-electron chi connectivity index (χ4n) is 7.99. The molecule has 2 atom stereocenters. The monoisotopic (exact) mass is 1100 g/mol. The molecule has 0 bridgehead atoms. The maximum Gasteiger partial charge on any atom is 0.472 e. The third kappa shape index (κ3) is 61.4. The van der Waals surface area contributed by atoms with Gasteiger partial charge in [-0.1, -0.05) is 244 Å². The minimum absolute atomic E-state index is 0.0225. The molecule has 10 heteroatoms. The van der Waals surface area contributed by atoms with Crippen LogP contribution in [-0.4, -0.2) is 74.9 Å². The Balaban J connectivity index is 4.18. The van der Waals surface area contributed by atoms with Crippen LogP contribution in [-0.2, 0) is 32.7 Å². The number of allylic oxidation sites excluding steroid dienone is 22. The van der Waals surface area contributed by atoms with Crippen LogP contribution >= 0.6 is 7.82 Å². The lowest BCUT2D eigenvalue weighted by Crippen LogP contribution is -2.37. The minimum Gasteiger partial charge on any atom is -0.462 e. The number of phosphoric acid groups is 1. The van der Waals surface area contributed by atoms with Gasteiger partial charge in [-0.2, -0.15) is 0 Å². The van der Waals surface area contributed by atoms with Crippen LogP contribution in [0, 0.1) is 0 Å². The Kier molecular flexibility index (Phi) is 55.0. The summed E-state index contributed by atoms with van der Waals surface area (Å²) in [7, 11) is 1.45. The number of hydrogen-bond acceptors (Lipinski definition) is 7. The third-order valence-corrected chi connectivity index (χ3v) is 13.7. The zero-order chi connectivity index (χ0) is 57.0. The van der Waals surface area contributed by atoms with Crippen molar-refractivity contribution in [1.29, 1.82) is 0 Å². The van der Waals surface area contributed by atoms with Crippen LogP contribution in [0.15, 0.2) is 134 Å². The van der Waals surface area contributed by atoms with Gasteiger partial charge in [-0.15, -0.1) is 0 Å². The van der Waals surface area contributed by atoms with E-state index in [0.717, 1.165) is 122 Å². The topological polar surface area (TPSA) is 108 Å². The first-order valence-corrected chi connectivity index (χ1v) is 32.4. The second-order valence-corrected chi connectivity index (χ2v) is 22.8. The maximum absolute atomic E-state index is 12.8. The van der Waals surface area contributed by atoms with Crippen LogP contribution in [0.2, 0.25) is 0 Å². The first-order valence-electron chi connectivity index (χ1n) is 30.9. The van der Waals surface area contributed by atoms with Crippen LogP contribution in [0.3, 0.4) is 0 Å². The molecule has 0 aliphatic carbocycles. The van der Waals surface area contributed by atoms with Crippen molar-refractivity contribution >= 4 is 19.8 Å². The van der Waals surface area contributed by atoms with Crippen LogP contribution < -0.4 is 0 Å². The van der Waals surface area contributed by atoms with E-state index in [9.17, 15) is 19.0 Å². The Labute approximate surface area is 479 Å². The van der Waals surface area contributed by atoms with Gasteiger partial charge in [-0.3, -0.25) is 18.6 Å². The first kappa shape index (κ1) is 74.2. The van der Waals surface area contributed by atoms with Gasteiger partial charge in [0.15, 0.2) is 6.10 Å². The molecule has 0 aromatic rings. The predicted octanol–water partition coefficient (Wildman–Crippen LogP) is 19.7. The number of rotatable bonds is 55. The number of hydrogen-bond donors (Lipinski definition) is 1. The summed E-state index contributed by atoms with van der Waals surface area (Å²) in [6, 6.07) is 0. The van der Waals surface area contributed by atoms with E-state index in [1.165, 1.54) is 77.0 Å². The lowest BCUT2D eigenvalue weighted by atomic mass is 10.0. The van der Waals surface area contributed by atoms with E-state index in [2.05, 4.69) is 148 Å². The minimum atomic E-state index is -4.40. The lowest BCUT2D eigenvalue weighted by Gasteiger charge is -2.24. The van der Waals surface area contributed by atoms with Crippen molar-refractivity contribution in [1.82, 2.24) is 0 Å². The molecule has 0 aromatic carbocycles. The van der Waals surface area contributed by atoms with Crippen molar-refractivity contribution in [2.24, 2.45) is 0 Å². The summed E-state index contributed by atoms with van der Waals surface area (Å²) in [5, 5.41) is 0. The van der Waals surface area contributed by atoms with E-state index in [1.807, 2.05) is 21.1 Å². The van der Waals surface area contributed by atoms with E-state index in [4.69, 9.17) is 18.5 Å². The van der Waals surface area contributed by atoms with E-state index >= 15 is 0 Å². The van der Waals surface area contributed by atoms with Crippen molar-refractivity contribution in [3.05, 3.63) is 134 Å². The van der Waals surface area contributed by atoms with Crippen molar-refractivity contribution in [3.8, 4) is 0 Å². The molecule has 0 saturated carbocycles. The molecule has 0 fully saturated rings. The molecular weight excluding hydrogens is 990 g/mol. The smallest absolute Gasteiger partial charge is 0.462 e. The van der Waals surface area contributed by atoms with E-state index < -0.39 is 26.5 Å². The highest BCUT2D eigenvalue weighted by Gasteiger charge is 2.27. The highest BCUT2D eigenvalue weighted by Crippen LogP contribution is 2.43. The van der Waals surface area contributed by atoms with Crippen LogP contribution in [0.1, 0.15) is 232 Å². The molecule has 444 valence electrons. The lowest BCUT2D eigenvalue weighted by molar-refractivity contribution is -0.870. The molecule has 1 N–H and O–H groups in total. The molecule has 0 rings (SSSR count). The summed E-state index contributed by atoms with van der Waals surface area (Å²) in [5.41, 5.74) is 0. The van der Waals surface area contributed by atoms with Gasteiger partial charge in [0, 0.05) is 12.8 Å². The molecule has 0 aliphatic rings. The van der Waals surface area contributed by atoms with E-state index in [0.29, 0.717) is 17.4 Å². The van der Waals surface area contributed by atoms with Gasteiger partial charge in [-0.25, -0.2) is 4.57 Å². The van der Waals surface area contributed by atoms with Gasteiger partial charge in [0.1, 0.15) is 19.8 Å². The summed E-state index contributed by atoms with van der Waals surface area (Å²) in [6.07, 6.45) is 83.8. The number of esters is 2. The Morgan fingerprint density at radius 2 is 0.692 bits per heavy atom. The summed E-state index contributed by atoms with van der Waals surface area (Å²) in [6.45, 7) is 4.18. The number of ether oxygens (including phenoxy) is 2. The SMILES string of the molecule is CC/C=C\C/C=C\C/C=C\C/C=C\C/C=C\C/C=C\CCCCCCCCCCCCCCC(=O)OC(COC(=O)CCCCCCCCC/C=C\C/C=C\C/C=C\C/C=C\C/C=C\CC)COP(=O)(O)OCC[N+](C)(C)C. The number of carbonyl (C=O) groups is 2. The molecule has 0 saturated heterocycles. The number of carbonyl (C=O) groups excluding carboxylic acids is 2. The largest absolute Gasteiger partial charge is 0.472 e. The number of quaternary nitrogens is 1. The molecule has 0 aliphatic heterocycles. The average molecular weight is 1110 g/mol. The van der Waals surface area contributed by atoms with Crippen molar-refractivity contribution in [2.75, 3.05) is 47.5 Å². The van der Waals surface area contributed by atoms with Gasteiger partial charge in [0.05, 0.1) is 27.7 Å². The van der Waals surface area contributed by atoms with Gasteiger partial charge in [0.25, 0.3) is 0 Å². The molecule has 9 nitrogen and oxygen atoms in total. The second-order valence-electron chi connectivity index (χ2n) is 21.3. The standard InChI is InChI=1S/C68H114NO8P/c1-6-8-10-12-14-16-18-20-22-24-26-28-30-31-32-33-34-35-36-37-39-41-43-45-47-49-51-53-55-57-59-61-68(71)77-66(65-76-78(72,73)75-63-62-69(3,4)5)64-74-67(70)60-58-56-54-52-50-48-46-44-42-40-38-29-27-25-23-21-19-17-15-13-11-9-7-2/h8-11,14-17,20-23,26-29,31-32,34-35,40,42,66H,6-7,12-13,18-19,24-25,30,33,36-39,41,43-65H2,1-5H3/p+1/b10-8-,11-9-,16-14-,17-15-,22-20-,23-21-,28-26-,29-27-,32-31-,35-34-,42-40-. The fraction of sp³-hybridized carbons (Fsp3) is 0.647. The number of unbranched alkanes of at least 4 members (excludes halogenated alkanes) is 19. The van der Waals surface area contributed by atoms with Crippen LogP contribution in [0.5, 0.6) is 0 Å². The Morgan fingerprint density at radius 1 is 0.397 bits per heavy atom. The average Bonchev–Trinajstić information content (AvgIpc) is 3.40. The van der Waals surface area contributed by atoms with Gasteiger partial charge in [0.2, 0.25) is 0 Å². The molecule has 0 amide bonds. The summed E-state index contributed by atoms with van der Waals surface area (Å²) < 4.78 is 34.6. The summed E-state index contributed by atoms with van der Waals surface area (Å²) >= 11 is 0. The molecule has 78 heavy (non-hydrogen) atoms. The number of nitrogens with zero attached hydrogens (tertiary/aromatic N) is 1. The molecule has 2 unspecified atom stereocenters. The van der Waals surface area contributed by atoms with E-state index in [1.54, 1.807) is 0 Å². The zero-order valence-electron chi connectivity index (χ0n) is 50.3. The van der Waals surface area contributed by atoms with Crippen LogP contribution in [0.25, 0.3) is 0 Å².